The first-order valence-corrected chi connectivity index (χ1v) is 5.45. The van der Waals surface area contributed by atoms with Crippen molar-refractivity contribution in [1.29, 1.82) is 0 Å². The monoisotopic (exact) mass is 256 g/mol. The highest BCUT2D eigenvalue weighted by molar-refractivity contribution is 6.42. The van der Waals surface area contributed by atoms with Crippen LogP contribution in [-0.4, -0.2) is 15.0 Å². The molecule has 0 amide bonds. The van der Waals surface area contributed by atoms with Gasteiger partial charge >= 0.3 is 0 Å². The quantitative estimate of drug-likeness (QED) is 0.919. The molecule has 4 nitrogen and oxygen atoms in total. The fourth-order valence-electron chi connectivity index (χ4n) is 1.28. The smallest absolute Gasteiger partial charge is 0.102 e. The lowest BCUT2D eigenvalue weighted by atomic mass is 10.3. The zero-order valence-corrected chi connectivity index (χ0v) is 10.1. The summed E-state index contributed by atoms with van der Waals surface area (Å²) in [7, 11) is 1.83. The van der Waals surface area contributed by atoms with Gasteiger partial charge in [-0.25, -0.2) is 0 Å². The number of anilines is 1. The molecule has 1 heterocycles. The van der Waals surface area contributed by atoms with Gasteiger partial charge < -0.3 is 5.32 Å². The Labute approximate surface area is 103 Å². The van der Waals surface area contributed by atoms with Gasteiger partial charge in [-0.3, -0.25) is 4.68 Å². The van der Waals surface area contributed by atoms with Crippen LogP contribution in [-0.2, 0) is 13.6 Å². The largest absolute Gasteiger partial charge is 0.379 e. The van der Waals surface area contributed by atoms with Crippen LogP contribution in [0, 0.1) is 0 Å². The van der Waals surface area contributed by atoms with Crippen molar-refractivity contribution in [2.45, 2.75) is 6.54 Å². The molecular formula is C10H10Cl2N4. The molecular weight excluding hydrogens is 247 g/mol. The van der Waals surface area contributed by atoms with Crippen molar-refractivity contribution in [2.75, 3.05) is 5.32 Å². The normalized spacial score (nSPS) is 10.4. The molecule has 0 radical (unpaired) electrons. The summed E-state index contributed by atoms with van der Waals surface area (Å²) in [6.45, 7) is 0.603. The van der Waals surface area contributed by atoms with Gasteiger partial charge in [0.05, 0.1) is 16.6 Å². The molecule has 0 saturated heterocycles. The number of nitrogens with one attached hydrogen (secondary N) is 1. The number of hydrogen-bond donors (Lipinski definition) is 1. The van der Waals surface area contributed by atoms with E-state index in [4.69, 9.17) is 23.2 Å². The van der Waals surface area contributed by atoms with Gasteiger partial charge in [0.2, 0.25) is 0 Å². The molecule has 16 heavy (non-hydrogen) atoms. The molecule has 2 aromatic rings. The Morgan fingerprint density at radius 1 is 1.31 bits per heavy atom. The summed E-state index contributed by atoms with van der Waals surface area (Å²) in [6.07, 6.45) is 1.85. The average Bonchev–Trinajstić information content (AvgIpc) is 2.66. The van der Waals surface area contributed by atoms with Crippen LogP contribution in [0.1, 0.15) is 5.69 Å². The molecule has 0 bridgehead atoms. The fourth-order valence-corrected chi connectivity index (χ4v) is 1.57. The fraction of sp³-hybridized carbons (Fsp3) is 0.200. The lowest BCUT2D eigenvalue weighted by Crippen LogP contribution is -1.99. The number of rotatable bonds is 3. The van der Waals surface area contributed by atoms with E-state index in [1.54, 1.807) is 16.8 Å². The van der Waals surface area contributed by atoms with E-state index in [1.165, 1.54) is 0 Å². The Balaban J connectivity index is 2.02. The van der Waals surface area contributed by atoms with E-state index in [0.29, 0.717) is 16.6 Å². The molecule has 0 spiro atoms. The number of benzene rings is 1. The van der Waals surface area contributed by atoms with Crippen LogP contribution in [0.5, 0.6) is 0 Å². The van der Waals surface area contributed by atoms with E-state index in [9.17, 15) is 0 Å². The molecule has 1 N–H and O–H groups in total. The third kappa shape index (κ3) is 2.65. The highest BCUT2D eigenvalue weighted by Crippen LogP contribution is 2.25. The van der Waals surface area contributed by atoms with Crippen molar-refractivity contribution in [2.24, 2.45) is 7.05 Å². The summed E-state index contributed by atoms with van der Waals surface area (Å²) < 4.78 is 1.66. The summed E-state index contributed by atoms with van der Waals surface area (Å²) >= 11 is 11.7. The molecule has 0 saturated carbocycles. The summed E-state index contributed by atoms with van der Waals surface area (Å²) in [5.41, 5.74) is 1.77. The molecule has 6 heteroatoms. The molecule has 0 aliphatic carbocycles. The van der Waals surface area contributed by atoms with Crippen molar-refractivity contribution >= 4 is 28.9 Å². The van der Waals surface area contributed by atoms with E-state index in [2.05, 4.69) is 15.6 Å². The summed E-state index contributed by atoms with van der Waals surface area (Å²) in [5.74, 6) is 0. The van der Waals surface area contributed by atoms with Crippen molar-refractivity contribution in [1.82, 2.24) is 15.0 Å². The standard InChI is InChI=1S/C10H10Cl2N4/c1-16-6-8(14-15-16)5-13-7-2-3-9(11)10(12)4-7/h2-4,6,13H,5H2,1H3. The minimum Gasteiger partial charge on any atom is -0.379 e. The minimum atomic E-state index is 0.533. The van der Waals surface area contributed by atoms with Gasteiger partial charge in [0.1, 0.15) is 5.69 Å². The maximum atomic E-state index is 5.90. The summed E-state index contributed by atoms with van der Waals surface area (Å²) in [4.78, 5) is 0. The SMILES string of the molecule is Cn1cc(CNc2ccc(Cl)c(Cl)c2)nn1. The second-order valence-electron chi connectivity index (χ2n) is 3.37. The van der Waals surface area contributed by atoms with Gasteiger partial charge in [0.15, 0.2) is 0 Å². The molecule has 0 fully saturated rings. The van der Waals surface area contributed by atoms with E-state index in [1.807, 2.05) is 19.3 Å². The van der Waals surface area contributed by atoms with Gasteiger partial charge in [0.25, 0.3) is 0 Å². The van der Waals surface area contributed by atoms with Crippen LogP contribution in [0.25, 0.3) is 0 Å². The van der Waals surface area contributed by atoms with Gasteiger partial charge in [-0.1, -0.05) is 28.4 Å². The van der Waals surface area contributed by atoms with Gasteiger partial charge in [-0.15, -0.1) is 5.10 Å². The van der Waals surface area contributed by atoms with Crippen molar-refractivity contribution in [3.05, 3.63) is 40.1 Å². The first kappa shape index (κ1) is 11.2. The number of halogens is 2. The minimum absolute atomic E-state index is 0.533. The second kappa shape index (κ2) is 4.72. The van der Waals surface area contributed by atoms with E-state index >= 15 is 0 Å². The number of aromatic nitrogens is 3. The Bertz CT molecular complexity index is 495. The van der Waals surface area contributed by atoms with Crippen molar-refractivity contribution in [3.63, 3.8) is 0 Å². The van der Waals surface area contributed by atoms with Gasteiger partial charge in [-0.2, -0.15) is 0 Å². The van der Waals surface area contributed by atoms with Crippen molar-refractivity contribution < 1.29 is 0 Å². The zero-order valence-electron chi connectivity index (χ0n) is 8.61. The van der Waals surface area contributed by atoms with E-state index < -0.39 is 0 Å². The summed E-state index contributed by atoms with van der Waals surface area (Å²) in [6, 6.07) is 5.40. The molecule has 2 rings (SSSR count). The Kier molecular flexibility index (Phi) is 3.31. The number of nitrogens with zero attached hydrogens (tertiary/aromatic N) is 3. The Hall–Kier alpha value is -1.26. The van der Waals surface area contributed by atoms with Crippen LogP contribution < -0.4 is 5.32 Å². The Morgan fingerprint density at radius 2 is 2.12 bits per heavy atom. The molecule has 1 aromatic heterocycles. The average molecular weight is 257 g/mol. The molecule has 0 atom stereocenters. The molecule has 0 unspecified atom stereocenters. The highest BCUT2D eigenvalue weighted by atomic mass is 35.5. The van der Waals surface area contributed by atoms with E-state index in [0.717, 1.165) is 11.4 Å². The zero-order chi connectivity index (χ0) is 11.5. The van der Waals surface area contributed by atoms with Gasteiger partial charge in [-0.05, 0) is 18.2 Å². The summed E-state index contributed by atoms with van der Waals surface area (Å²) in [5, 5.41) is 12.1. The van der Waals surface area contributed by atoms with Gasteiger partial charge in [0, 0.05) is 18.9 Å². The van der Waals surface area contributed by atoms with Crippen LogP contribution in [0.3, 0.4) is 0 Å². The topological polar surface area (TPSA) is 42.7 Å². The predicted molar refractivity (Wildman–Crippen MR) is 64.8 cm³/mol. The third-order valence-corrected chi connectivity index (χ3v) is 2.78. The van der Waals surface area contributed by atoms with Crippen LogP contribution in [0.4, 0.5) is 5.69 Å². The van der Waals surface area contributed by atoms with Crippen LogP contribution in [0.2, 0.25) is 10.0 Å². The Morgan fingerprint density at radius 3 is 2.75 bits per heavy atom. The maximum absolute atomic E-state index is 5.90. The first-order valence-electron chi connectivity index (χ1n) is 4.69. The molecule has 1 aromatic carbocycles. The van der Waals surface area contributed by atoms with Crippen molar-refractivity contribution in [3.8, 4) is 0 Å². The van der Waals surface area contributed by atoms with Crippen LogP contribution >= 0.6 is 23.2 Å². The molecule has 84 valence electrons. The molecule has 0 aliphatic heterocycles. The third-order valence-electron chi connectivity index (χ3n) is 2.04. The first-order chi connectivity index (χ1) is 7.65. The van der Waals surface area contributed by atoms with Crippen LogP contribution in [0.15, 0.2) is 24.4 Å². The number of hydrogen-bond acceptors (Lipinski definition) is 3. The molecule has 0 aliphatic rings. The maximum Gasteiger partial charge on any atom is 0.102 e. The second-order valence-corrected chi connectivity index (χ2v) is 4.18. The highest BCUT2D eigenvalue weighted by Gasteiger charge is 2.01. The number of aryl methyl sites for hydroxylation is 1. The lowest BCUT2D eigenvalue weighted by molar-refractivity contribution is 0.713. The predicted octanol–water partition coefficient (Wildman–Crippen LogP) is 2.73. The van der Waals surface area contributed by atoms with E-state index in [-0.39, 0.29) is 0 Å². The lowest BCUT2D eigenvalue weighted by Gasteiger charge is -2.04.